The zero-order valence-corrected chi connectivity index (χ0v) is 12.5. The third kappa shape index (κ3) is 4.53. The van der Waals surface area contributed by atoms with Crippen LogP contribution in [0.25, 0.3) is 0 Å². The van der Waals surface area contributed by atoms with Gasteiger partial charge in [-0.15, -0.1) is 11.8 Å². The van der Waals surface area contributed by atoms with Gasteiger partial charge in [0.25, 0.3) is 0 Å². The maximum atomic E-state index is 12.1. The third-order valence-electron chi connectivity index (χ3n) is 3.46. The van der Waals surface area contributed by atoms with E-state index in [0.717, 1.165) is 5.69 Å². The number of thioether (sulfide) groups is 1. The molecular weight excluding hydrogens is 256 g/mol. The smallest absolute Gasteiger partial charge is 0.238 e. The SMILES string of the molecule is Cc1cccc(NC(=O)C(C)SC2CCCCC2)n1. The molecule has 1 atom stereocenters. The molecule has 1 N–H and O–H groups in total. The Kier molecular flexibility index (Phi) is 5.25. The van der Waals surface area contributed by atoms with Crippen LogP contribution in [0.15, 0.2) is 18.2 Å². The number of aryl methyl sites for hydroxylation is 1. The van der Waals surface area contributed by atoms with Crippen LogP contribution in [0, 0.1) is 6.92 Å². The first-order valence-corrected chi connectivity index (χ1v) is 7.99. The Hall–Kier alpha value is -1.03. The molecule has 0 radical (unpaired) electrons. The second-order valence-corrected chi connectivity index (χ2v) is 6.84. The molecule has 4 heteroatoms. The van der Waals surface area contributed by atoms with Crippen molar-refractivity contribution >= 4 is 23.5 Å². The number of hydrogen-bond donors (Lipinski definition) is 1. The molecule has 1 aliphatic carbocycles. The molecule has 1 amide bonds. The molecule has 0 saturated heterocycles. The molecule has 0 aliphatic heterocycles. The number of anilines is 1. The maximum Gasteiger partial charge on any atom is 0.238 e. The molecule has 1 saturated carbocycles. The molecule has 1 aromatic rings. The first-order valence-electron chi connectivity index (χ1n) is 7.05. The minimum Gasteiger partial charge on any atom is -0.310 e. The van der Waals surface area contributed by atoms with Crippen molar-refractivity contribution in [3.8, 4) is 0 Å². The topological polar surface area (TPSA) is 42.0 Å². The molecule has 2 rings (SSSR count). The molecule has 19 heavy (non-hydrogen) atoms. The second kappa shape index (κ2) is 6.94. The Labute approximate surface area is 119 Å². The van der Waals surface area contributed by atoms with Gasteiger partial charge < -0.3 is 5.32 Å². The van der Waals surface area contributed by atoms with Gasteiger partial charge in [-0.2, -0.15) is 0 Å². The highest BCUT2D eigenvalue weighted by molar-refractivity contribution is 8.01. The Morgan fingerprint density at radius 1 is 1.37 bits per heavy atom. The Bertz CT molecular complexity index is 430. The second-order valence-electron chi connectivity index (χ2n) is 5.19. The van der Waals surface area contributed by atoms with E-state index in [4.69, 9.17) is 0 Å². The van der Waals surface area contributed by atoms with Gasteiger partial charge in [-0.25, -0.2) is 4.98 Å². The predicted molar refractivity (Wildman–Crippen MR) is 81.5 cm³/mol. The van der Waals surface area contributed by atoms with Crippen LogP contribution in [-0.2, 0) is 4.79 Å². The number of aromatic nitrogens is 1. The van der Waals surface area contributed by atoms with Gasteiger partial charge in [0.1, 0.15) is 5.82 Å². The van der Waals surface area contributed by atoms with Crippen molar-refractivity contribution in [1.82, 2.24) is 4.98 Å². The lowest BCUT2D eigenvalue weighted by Gasteiger charge is -2.23. The highest BCUT2D eigenvalue weighted by Gasteiger charge is 2.21. The molecule has 104 valence electrons. The number of hydrogen-bond acceptors (Lipinski definition) is 3. The van der Waals surface area contributed by atoms with Crippen LogP contribution in [0.2, 0.25) is 0 Å². The molecule has 1 fully saturated rings. The lowest BCUT2D eigenvalue weighted by atomic mass is 10.0. The normalized spacial score (nSPS) is 18.0. The van der Waals surface area contributed by atoms with Crippen molar-refractivity contribution in [3.63, 3.8) is 0 Å². The average Bonchev–Trinajstić information content (AvgIpc) is 2.40. The van der Waals surface area contributed by atoms with Crippen molar-refractivity contribution < 1.29 is 4.79 Å². The number of amides is 1. The summed E-state index contributed by atoms with van der Waals surface area (Å²) in [5.74, 6) is 0.717. The standard InChI is InChI=1S/C15H22N2OS/c1-11-7-6-10-14(16-11)17-15(18)12(2)19-13-8-4-3-5-9-13/h6-7,10,12-13H,3-5,8-9H2,1-2H3,(H,16,17,18). The molecule has 0 spiro atoms. The summed E-state index contributed by atoms with van der Waals surface area (Å²) >= 11 is 1.81. The molecule has 1 heterocycles. The van der Waals surface area contributed by atoms with Gasteiger partial charge in [-0.05, 0) is 38.8 Å². The van der Waals surface area contributed by atoms with Crippen LogP contribution in [0.5, 0.6) is 0 Å². The van der Waals surface area contributed by atoms with Gasteiger partial charge in [0.2, 0.25) is 5.91 Å². The molecule has 3 nitrogen and oxygen atoms in total. The molecule has 1 aliphatic rings. The highest BCUT2D eigenvalue weighted by Crippen LogP contribution is 2.31. The summed E-state index contributed by atoms with van der Waals surface area (Å²) < 4.78 is 0. The number of nitrogens with zero attached hydrogens (tertiary/aromatic N) is 1. The number of pyridine rings is 1. The first-order chi connectivity index (χ1) is 9.15. The third-order valence-corrected chi connectivity index (χ3v) is 4.94. The monoisotopic (exact) mass is 278 g/mol. The molecule has 1 unspecified atom stereocenters. The van der Waals surface area contributed by atoms with E-state index < -0.39 is 0 Å². The van der Waals surface area contributed by atoms with Gasteiger partial charge in [0.05, 0.1) is 5.25 Å². The van der Waals surface area contributed by atoms with E-state index in [1.54, 1.807) is 0 Å². The van der Waals surface area contributed by atoms with Crippen LogP contribution in [0.1, 0.15) is 44.7 Å². The summed E-state index contributed by atoms with van der Waals surface area (Å²) in [5, 5.41) is 3.55. The molecule has 0 bridgehead atoms. The Morgan fingerprint density at radius 3 is 2.79 bits per heavy atom. The lowest BCUT2D eigenvalue weighted by molar-refractivity contribution is -0.115. The van der Waals surface area contributed by atoms with Crippen molar-refractivity contribution in [2.75, 3.05) is 5.32 Å². The van der Waals surface area contributed by atoms with Crippen molar-refractivity contribution in [2.45, 2.75) is 56.5 Å². The summed E-state index contributed by atoms with van der Waals surface area (Å²) in [6.45, 7) is 3.92. The summed E-state index contributed by atoms with van der Waals surface area (Å²) in [7, 11) is 0. The van der Waals surface area contributed by atoms with Crippen LogP contribution < -0.4 is 5.32 Å². The Balaban J connectivity index is 1.84. The minimum absolute atomic E-state index is 0.00888. The van der Waals surface area contributed by atoms with E-state index in [9.17, 15) is 4.79 Å². The number of carbonyl (C=O) groups excluding carboxylic acids is 1. The fourth-order valence-corrected chi connectivity index (χ4v) is 3.76. The summed E-state index contributed by atoms with van der Waals surface area (Å²) in [6.07, 6.45) is 6.48. The van der Waals surface area contributed by atoms with Gasteiger partial charge in [-0.1, -0.05) is 25.3 Å². The van der Waals surface area contributed by atoms with Gasteiger partial charge in [0.15, 0.2) is 0 Å². The van der Waals surface area contributed by atoms with Crippen LogP contribution >= 0.6 is 11.8 Å². The molecule has 0 aromatic carbocycles. The average molecular weight is 278 g/mol. The Morgan fingerprint density at radius 2 is 2.11 bits per heavy atom. The van der Waals surface area contributed by atoms with E-state index in [-0.39, 0.29) is 11.2 Å². The number of carbonyl (C=O) groups is 1. The van der Waals surface area contributed by atoms with Crippen LogP contribution in [-0.4, -0.2) is 21.4 Å². The minimum atomic E-state index is -0.00888. The zero-order chi connectivity index (χ0) is 13.7. The van der Waals surface area contributed by atoms with E-state index in [2.05, 4.69) is 10.3 Å². The largest absolute Gasteiger partial charge is 0.310 e. The quantitative estimate of drug-likeness (QED) is 0.911. The molecular formula is C15H22N2OS. The summed E-state index contributed by atoms with van der Waals surface area (Å²) in [6, 6.07) is 5.68. The van der Waals surface area contributed by atoms with Crippen LogP contribution in [0.4, 0.5) is 5.82 Å². The highest BCUT2D eigenvalue weighted by atomic mass is 32.2. The first kappa shape index (κ1) is 14.4. The van der Waals surface area contributed by atoms with Gasteiger partial charge >= 0.3 is 0 Å². The number of rotatable bonds is 4. The lowest BCUT2D eigenvalue weighted by Crippen LogP contribution is -2.26. The predicted octanol–water partition coefficient (Wildman–Crippen LogP) is 3.78. The maximum absolute atomic E-state index is 12.1. The van der Waals surface area contributed by atoms with Gasteiger partial charge in [0, 0.05) is 10.9 Å². The fraction of sp³-hybridized carbons (Fsp3) is 0.600. The van der Waals surface area contributed by atoms with E-state index in [0.29, 0.717) is 11.1 Å². The van der Waals surface area contributed by atoms with E-state index in [1.807, 2.05) is 43.8 Å². The summed E-state index contributed by atoms with van der Waals surface area (Å²) in [5.41, 5.74) is 0.922. The van der Waals surface area contributed by atoms with Crippen molar-refractivity contribution in [2.24, 2.45) is 0 Å². The van der Waals surface area contributed by atoms with Crippen molar-refractivity contribution in [3.05, 3.63) is 23.9 Å². The zero-order valence-electron chi connectivity index (χ0n) is 11.7. The molecule has 1 aromatic heterocycles. The summed E-state index contributed by atoms with van der Waals surface area (Å²) in [4.78, 5) is 16.4. The van der Waals surface area contributed by atoms with E-state index >= 15 is 0 Å². The van der Waals surface area contributed by atoms with Crippen LogP contribution in [0.3, 0.4) is 0 Å². The number of nitrogens with one attached hydrogen (secondary N) is 1. The fourth-order valence-electron chi connectivity index (χ4n) is 2.39. The van der Waals surface area contributed by atoms with Gasteiger partial charge in [-0.3, -0.25) is 4.79 Å². The van der Waals surface area contributed by atoms with Crippen molar-refractivity contribution in [1.29, 1.82) is 0 Å². The van der Waals surface area contributed by atoms with E-state index in [1.165, 1.54) is 32.1 Å².